The number of ketones is 1. The highest BCUT2D eigenvalue weighted by Gasteiger charge is 2.68. The number of aromatic nitrogens is 2. The Hall–Kier alpha value is -1.97. The second-order valence-electron chi connectivity index (χ2n) is 13.1. The summed E-state index contributed by atoms with van der Waals surface area (Å²) in [5, 5.41) is 12.2. The summed E-state index contributed by atoms with van der Waals surface area (Å²) < 4.78 is 11.8. The van der Waals surface area contributed by atoms with E-state index in [1.54, 1.807) is 0 Å². The molecule has 0 radical (unpaired) electrons. The lowest BCUT2D eigenvalue weighted by atomic mass is 9.44. The summed E-state index contributed by atoms with van der Waals surface area (Å²) in [6.45, 7) is 17.4. The Kier molecular flexibility index (Phi) is 8.14. The summed E-state index contributed by atoms with van der Waals surface area (Å²) in [6, 6.07) is 1.96. The fourth-order valence-electron chi connectivity index (χ4n) is 8.36. The maximum absolute atomic E-state index is 13.6. The number of ether oxygens (including phenoxy) is 2. The van der Waals surface area contributed by atoms with Crippen molar-refractivity contribution in [2.45, 2.75) is 84.1 Å². The molecule has 220 valence electrons. The van der Waals surface area contributed by atoms with Crippen molar-refractivity contribution in [2.75, 3.05) is 37.0 Å². The first-order valence-electron chi connectivity index (χ1n) is 14.8. The van der Waals surface area contributed by atoms with E-state index in [1.165, 1.54) is 11.8 Å². The molecule has 8 atom stereocenters. The zero-order chi connectivity index (χ0) is 28.9. The summed E-state index contributed by atoms with van der Waals surface area (Å²) >= 11 is 1.28. The molecule has 9 heteroatoms. The van der Waals surface area contributed by atoms with Gasteiger partial charge in [0, 0.05) is 48.0 Å². The predicted octanol–water partition coefficient (Wildman–Crippen LogP) is 4.62. The molecule has 8 nitrogen and oxygen atoms in total. The minimum Gasteiger partial charge on any atom is -0.461 e. The van der Waals surface area contributed by atoms with Crippen molar-refractivity contribution in [3.8, 4) is 0 Å². The number of aliphatic hydroxyl groups excluding tert-OH is 1. The van der Waals surface area contributed by atoms with Gasteiger partial charge in [-0.3, -0.25) is 9.59 Å². The molecule has 1 aromatic heterocycles. The van der Waals surface area contributed by atoms with Crippen LogP contribution in [0.4, 0.5) is 5.82 Å². The van der Waals surface area contributed by atoms with Crippen LogP contribution >= 0.6 is 11.8 Å². The second-order valence-corrected chi connectivity index (χ2v) is 14.0. The molecule has 1 saturated heterocycles. The van der Waals surface area contributed by atoms with Gasteiger partial charge in [-0.05, 0) is 49.9 Å². The minimum atomic E-state index is -0.675. The number of anilines is 1. The highest BCUT2D eigenvalue weighted by Crippen LogP contribution is 2.68. The van der Waals surface area contributed by atoms with Gasteiger partial charge in [0.15, 0.2) is 5.16 Å². The standard InChI is InChI=1S/C31H45N3O5S/c1-7-29(5)17-23(30(6)19(2)8-10-31(21(4)27(29)37)11-9-22(35)26(30)31)39-25(36)18-40-28-32-20(3)16-24(33-28)34-12-14-38-15-13-34/h7,16,19,21,23,26-27,37H,1,8-15,17-18H2,2-6H3/t19-,21+,23-,26+,27+,29-,30-,31+/m1/s1. The smallest absolute Gasteiger partial charge is 0.316 e. The van der Waals surface area contributed by atoms with Gasteiger partial charge in [-0.15, -0.1) is 6.58 Å². The zero-order valence-electron chi connectivity index (χ0n) is 24.6. The number of aryl methyl sites for hydroxylation is 1. The number of hydrogen-bond acceptors (Lipinski definition) is 9. The number of Topliss-reactive ketones (excluding diaryl/α,β-unsaturated/α-hetero) is 1. The number of rotatable bonds is 6. The summed E-state index contributed by atoms with van der Waals surface area (Å²) in [4.78, 5) is 38.5. The first-order valence-corrected chi connectivity index (χ1v) is 15.8. The van der Waals surface area contributed by atoms with Crippen LogP contribution in [0.1, 0.15) is 65.5 Å². The molecule has 0 spiro atoms. The predicted molar refractivity (Wildman–Crippen MR) is 155 cm³/mol. The molecule has 0 aromatic carbocycles. The van der Waals surface area contributed by atoms with Crippen LogP contribution in [0, 0.1) is 40.9 Å². The Labute approximate surface area is 242 Å². The molecule has 4 fully saturated rings. The third-order valence-corrected chi connectivity index (χ3v) is 11.9. The van der Waals surface area contributed by atoms with Gasteiger partial charge < -0.3 is 19.5 Å². The van der Waals surface area contributed by atoms with E-state index < -0.39 is 23.0 Å². The monoisotopic (exact) mass is 571 g/mol. The molecule has 2 heterocycles. The van der Waals surface area contributed by atoms with Gasteiger partial charge in [0.25, 0.3) is 0 Å². The summed E-state index contributed by atoms with van der Waals surface area (Å²) in [6.07, 6.45) is 4.25. The van der Waals surface area contributed by atoms with Crippen LogP contribution in [0.2, 0.25) is 0 Å². The van der Waals surface area contributed by atoms with Gasteiger partial charge in [-0.2, -0.15) is 0 Å². The van der Waals surface area contributed by atoms with E-state index in [2.05, 4.69) is 37.2 Å². The number of aliphatic hydroxyl groups is 1. The summed E-state index contributed by atoms with van der Waals surface area (Å²) in [5.74, 6) is 0.740. The largest absolute Gasteiger partial charge is 0.461 e. The molecular weight excluding hydrogens is 526 g/mol. The van der Waals surface area contributed by atoms with Crippen LogP contribution in [0.5, 0.6) is 0 Å². The molecule has 0 unspecified atom stereocenters. The lowest BCUT2D eigenvalue weighted by Crippen LogP contribution is -2.63. The number of hydrogen-bond donors (Lipinski definition) is 1. The Morgan fingerprint density at radius 2 is 2.00 bits per heavy atom. The van der Waals surface area contributed by atoms with Gasteiger partial charge in [0.05, 0.1) is 25.1 Å². The first-order chi connectivity index (χ1) is 18.9. The fourth-order valence-corrected chi connectivity index (χ4v) is 9.04. The molecule has 5 rings (SSSR count). The van der Waals surface area contributed by atoms with Crippen LogP contribution in [-0.2, 0) is 19.1 Å². The maximum Gasteiger partial charge on any atom is 0.316 e. The quantitative estimate of drug-likeness (QED) is 0.227. The van der Waals surface area contributed by atoms with Gasteiger partial charge in [0.1, 0.15) is 17.7 Å². The van der Waals surface area contributed by atoms with E-state index in [4.69, 9.17) is 14.5 Å². The van der Waals surface area contributed by atoms with Gasteiger partial charge >= 0.3 is 5.97 Å². The highest BCUT2D eigenvalue weighted by molar-refractivity contribution is 7.99. The number of carbonyl (C=O) groups excluding carboxylic acids is 2. The molecule has 40 heavy (non-hydrogen) atoms. The van der Waals surface area contributed by atoms with Crippen molar-refractivity contribution in [3.05, 3.63) is 24.4 Å². The highest BCUT2D eigenvalue weighted by atomic mass is 32.2. The van der Waals surface area contributed by atoms with Crippen molar-refractivity contribution in [3.63, 3.8) is 0 Å². The topological polar surface area (TPSA) is 102 Å². The van der Waals surface area contributed by atoms with Crippen molar-refractivity contribution >= 4 is 29.3 Å². The normalized spacial score (nSPS) is 39.7. The SMILES string of the molecule is C=C[C@]1(C)C[C@@H](OC(=O)CSc2nc(C)cc(N3CCOCC3)n2)[C@@]2(C)[C@H](C)CC[C@]3(CCC(=O)[C@H]32)[C@@H](C)[C@@H]1O. The molecule has 2 bridgehead atoms. The van der Waals surface area contributed by atoms with E-state index >= 15 is 0 Å². The number of esters is 1. The third-order valence-electron chi connectivity index (χ3n) is 11.0. The van der Waals surface area contributed by atoms with Crippen molar-refractivity contribution in [1.82, 2.24) is 9.97 Å². The molecule has 3 saturated carbocycles. The number of carbonyl (C=O) groups is 2. The van der Waals surface area contributed by atoms with Crippen molar-refractivity contribution in [1.29, 1.82) is 0 Å². The average Bonchev–Trinajstić information content (AvgIpc) is 3.30. The minimum absolute atomic E-state index is 0.0508. The van der Waals surface area contributed by atoms with Crippen LogP contribution in [0.25, 0.3) is 0 Å². The first kappa shape index (κ1) is 29.5. The van der Waals surface area contributed by atoms with Crippen LogP contribution in [-0.4, -0.2) is 71.1 Å². The van der Waals surface area contributed by atoms with E-state index in [9.17, 15) is 14.7 Å². The summed E-state index contributed by atoms with van der Waals surface area (Å²) in [5.41, 5.74) is -0.607. The van der Waals surface area contributed by atoms with Gasteiger partial charge in [-0.1, -0.05) is 45.5 Å². The molecule has 3 aliphatic carbocycles. The van der Waals surface area contributed by atoms with E-state index in [0.29, 0.717) is 31.2 Å². The number of thioether (sulfide) groups is 1. The third kappa shape index (κ3) is 4.90. The Morgan fingerprint density at radius 1 is 1.27 bits per heavy atom. The number of nitrogens with zero attached hydrogens (tertiary/aromatic N) is 3. The lowest BCUT2D eigenvalue weighted by molar-refractivity contribution is -0.205. The van der Waals surface area contributed by atoms with Crippen LogP contribution in [0.15, 0.2) is 23.9 Å². The maximum atomic E-state index is 13.6. The molecule has 0 amide bonds. The van der Waals surface area contributed by atoms with E-state index in [1.807, 2.05) is 26.0 Å². The Morgan fingerprint density at radius 3 is 2.70 bits per heavy atom. The van der Waals surface area contributed by atoms with Crippen LogP contribution < -0.4 is 4.90 Å². The van der Waals surface area contributed by atoms with Crippen molar-refractivity contribution < 1.29 is 24.2 Å². The average molecular weight is 572 g/mol. The van der Waals surface area contributed by atoms with Crippen LogP contribution in [0.3, 0.4) is 0 Å². The Balaban J connectivity index is 1.40. The molecule has 1 aromatic rings. The second kappa shape index (κ2) is 11.0. The Bertz CT molecular complexity index is 1160. The molecule has 1 N–H and O–H groups in total. The molecular formula is C31H45N3O5S. The fraction of sp³-hybridized carbons (Fsp3) is 0.742. The lowest BCUT2D eigenvalue weighted by Gasteiger charge is -2.61. The molecule has 1 aliphatic heterocycles. The van der Waals surface area contributed by atoms with Gasteiger partial charge in [0.2, 0.25) is 0 Å². The van der Waals surface area contributed by atoms with E-state index in [0.717, 1.165) is 43.9 Å². The zero-order valence-corrected chi connectivity index (χ0v) is 25.5. The van der Waals surface area contributed by atoms with Crippen molar-refractivity contribution in [2.24, 2.45) is 34.0 Å². The van der Waals surface area contributed by atoms with Gasteiger partial charge in [-0.25, -0.2) is 9.97 Å². The number of morpholine rings is 1. The van der Waals surface area contributed by atoms with E-state index in [-0.39, 0.29) is 40.7 Å². The summed E-state index contributed by atoms with van der Waals surface area (Å²) in [7, 11) is 0. The molecule has 4 aliphatic rings.